The first-order valence-corrected chi connectivity index (χ1v) is 14.3. The monoisotopic (exact) mass is 578 g/mol. The molecule has 0 bridgehead atoms. The summed E-state index contributed by atoms with van der Waals surface area (Å²) in [4.78, 5) is 0. The van der Waals surface area contributed by atoms with E-state index in [0.717, 1.165) is 0 Å². The van der Waals surface area contributed by atoms with Gasteiger partial charge < -0.3 is 35.4 Å². The molecule has 41 heavy (non-hydrogen) atoms. The summed E-state index contributed by atoms with van der Waals surface area (Å²) in [6, 6.07) is 0. The molecule has 0 aromatic heterocycles. The molecule has 7 nitrogen and oxygen atoms in total. The Hall–Kier alpha value is -1.84. The van der Waals surface area contributed by atoms with E-state index in [4.69, 9.17) is 4.74 Å². The van der Waals surface area contributed by atoms with Crippen LogP contribution in [0.1, 0.15) is 80.1 Å². The van der Waals surface area contributed by atoms with Crippen molar-refractivity contribution in [2.75, 3.05) is 13.2 Å². The number of hydrogen-bond donors (Lipinski definition) is 6. The van der Waals surface area contributed by atoms with Gasteiger partial charge in [0, 0.05) is 0 Å². The van der Waals surface area contributed by atoms with Crippen molar-refractivity contribution < 1.29 is 35.4 Å². The fourth-order valence-corrected chi connectivity index (χ4v) is 5.43. The Morgan fingerprint density at radius 2 is 0.561 bits per heavy atom. The van der Waals surface area contributed by atoms with Crippen LogP contribution in [0.25, 0.3) is 0 Å². The molecule has 0 spiro atoms. The van der Waals surface area contributed by atoms with Crippen LogP contribution < -0.4 is 0 Å². The van der Waals surface area contributed by atoms with Crippen molar-refractivity contribution in [3.05, 3.63) is 72.9 Å². The molecule has 0 aliphatic rings. The molecule has 6 unspecified atom stereocenters. The Kier molecular flexibility index (Phi) is 16.5. The summed E-state index contributed by atoms with van der Waals surface area (Å²) in [5.41, 5.74) is 0.651. The maximum absolute atomic E-state index is 11.5. The van der Waals surface area contributed by atoms with E-state index in [2.05, 4.69) is 39.5 Å². The topological polar surface area (TPSA) is 131 Å². The van der Waals surface area contributed by atoms with Gasteiger partial charge in [-0.1, -0.05) is 33.4 Å². The van der Waals surface area contributed by atoms with E-state index >= 15 is 0 Å². The van der Waals surface area contributed by atoms with Crippen LogP contribution in [0.4, 0.5) is 0 Å². The van der Waals surface area contributed by atoms with Crippen molar-refractivity contribution in [3.8, 4) is 0 Å². The summed E-state index contributed by atoms with van der Waals surface area (Å²) in [7, 11) is 0. The van der Waals surface area contributed by atoms with E-state index in [1.165, 1.54) is 0 Å². The van der Waals surface area contributed by atoms with Gasteiger partial charge in [0.05, 0.1) is 60.7 Å². The van der Waals surface area contributed by atoms with E-state index in [0.29, 0.717) is 33.4 Å². The first-order valence-electron chi connectivity index (χ1n) is 14.3. The Morgan fingerprint density at radius 3 is 0.683 bits per heavy atom. The molecule has 0 radical (unpaired) electrons. The van der Waals surface area contributed by atoms with E-state index in [1.54, 1.807) is 41.5 Å². The Morgan fingerprint density at radius 1 is 0.415 bits per heavy atom. The van der Waals surface area contributed by atoms with Crippen molar-refractivity contribution in [1.82, 2.24) is 0 Å². The van der Waals surface area contributed by atoms with Gasteiger partial charge in [-0.05, 0) is 80.1 Å². The average Bonchev–Trinajstić information content (AvgIpc) is 2.75. The van der Waals surface area contributed by atoms with Crippen LogP contribution in [0.15, 0.2) is 72.9 Å². The molecule has 6 N–H and O–H groups in total. The van der Waals surface area contributed by atoms with E-state index in [9.17, 15) is 30.6 Å². The molecule has 7 heteroatoms. The maximum Gasteiger partial charge on any atom is 0.0723 e. The largest absolute Gasteiger partial charge is 0.392 e. The third-order valence-corrected chi connectivity index (χ3v) is 7.68. The smallest absolute Gasteiger partial charge is 0.0723 e. The highest BCUT2D eigenvalue weighted by molar-refractivity contribution is 5.12. The fourth-order valence-electron chi connectivity index (χ4n) is 5.43. The number of ether oxygens (including phenoxy) is 1. The zero-order valence-electron chi connectivity index (χ0n) is 26.5. The van der Waals surface area contributed by atoms with Gasteiger partial charge in [-0.3, -0.25) is 0 Å². The van der Waals surface area contributed by atoms with Crippen molar-refractivity contribution in [2.24, 2.45) is 10.8 Å². The third kappa shape index (κ3) is 11.4. The van der Waals surface area contributed by atoms with Gasteiger partial charge in [-0.15, -0.1) is 39.5 Å². The molecule has 0 aromatic carbocycles. The van der Waals surface area contributed by atoms with Gasteiger partial charge >= 0.3 is 0 Å². The molecule has 6 atom stereocenters. The predicted molar refractivity (Wildman–Crippen MR) is 168 cm³/mol. The molecule has 0 heterocycles. The first kappa shape index (κ1) is 39.2. The van der Waals surface area contributed by atoms with Crippen LogP contribution in [-0.2, 0) is 4.74 Å². The number of aliphatic hydroxyl groups is 6. The van der Waals surface area contributed by atoms with Crippen molar-refractivity contribution in [2.45, 2.75) is 117 Å². The summed E-state index contributed by atoms with van der Waals surface area (Å²) in [6.07, 6.45) is -7.07. The van der Waals surface area contributed by atoms with Crippen LogP contribution in [0.2, 0.25) is 0 Å². The SMILES string of the molecule is C=C(C)CC(O)C(COCC(C(O)CC(=C)C)(C(O)CC(=C)C)C(O)CC(=C)C)(C(O)CC(=C)C)C(O)CC(=C)C. The van der Waals surface area contributed by atoms with Crippen LogP contribution in [0.3, 0.4) is 0 Å². The van der Waals surface area contributed by atoms with Crippen LogP contribution >= 0.6 is 0 Å². The molecule has 0 amide bonds. The van der Waals surface area contributed by atoms with Gasteiger partial charge in [0.25, 0.3) is 0 Å². The molecule has 236 valence electrons. The van der Waals surface area contributed by atoms with Gasteiger partial charge in [-0.2, -0.15) is 0 Å². The minimum Gasteiger partial charge on any atom is -0.392 e. The van der Waals surface area contributed by atoms with Gasteiger partial charge in [-0.25, -0.2) is 0 Å². The standard InChI is InChI=1S/C34H58O7/c1-21(2)13-27(35)33(28(36)14-22(3)4,29(37)15-23(5)6)19-41-20-34(30(38)16-24(7)8,31(39)17-25(9)10)32(40)18-26(11)12/h27-32,35-40H,1,3,5,7,9,11,13-20H2,2,4,6,8,10,12H3. The third-order valence-electron chi connectivity index (χ3n) is 7.68. The number of aliphatic hydroxyl groups excluding tert-OH is 6. The van der Waals surface area contributed by atoms with Crippen molar-refractivity contribution in [1.29, 1.82) is 0 Å². The molecule has 0 aromatic rings. The second-order valence-electron chi connectivity index (χ2n) is 12.8. The molecule has 0 saturated heterocycles. The minimum atomic E-state index is -1.61. The van der Waals surface area contributed by atoms with Crippen molar-refractivity contribution >= 4 is 0 Å². The second kappa shape index (κ2) is 17.3. The summed E-state index contributed by atoms with van der Waals surface area (Å²) in [6.45, 7) is 33.1. The molecule has 0 fully saturated rings. The minimum absolute atomic E-state index is 0.0872. The van der Waals surface area contributed by atoms with E-state index in [-0.39, 0.29) is 51.7 Å². The van der Waals surface area contributed by atoms with Gasteiger partial charge in [0.15, 0.2) is 0 Å². The predicted octanol–water partition coefficient (Wildman–Crippen LogP) is 4.94. The number of hydrogen-bond acceptors (Lipinski definition) is 7. The highest BCUT2D eigenvalue weighted by atomic mass is 16.5. The summed E-state index contributed by atoms with van der Waals surface area (Å²) in [5, 5.41) is 69.0. The van der Waals surface area contributed by atoms with Crippen LogP contribution in [0.5, 0.6) is 0 Å². The zero-order chi connectivity index (χ0) is 32.3. The lowest BCUT2D eigenvalue weighted by molar-refractivity contribution is -0.205. The van der Waals surface area contributed by atoms with Crippen LogP contribution in [-0.4, -0.2) is 80.5 Å². The highest BCUT2D eigenvalue weighted by Gasteiger charge is 2.53. The summed E-state index contributed by atoms with van der Waals surface area (Å²) < 4.78 is 6.24. The molecular formula is C34H58O7. The normalized spacial score (nSPS) is 19.0. The van der Waals surface area contributed by atoms with Gasteiger partial charge in [0.1, 0.15) is 0 Å². The van der Waals surface area contributed by atoms with Gasteiger partial charge in [0.2, 0.25) is 0 Å². The molecular weight excluding hydrogens is 520 g/mol. The number of rotatable bonds is 22. The van der Waals surface area contributed by atoms with E-state index < -0.39 is 47.5 Å². The average molecular weight is 579 g/mol. The molecule has 0 rings (SSSR count). The van der Waals surface area contributed by atoms with Crippen LogP contribution in [0, 0.1) is 10.8 Å². The fraction of sp³-hybridized carbons (Fsp3) is 0.647. The molecule has 0 saturated carbocycles. The quantitative estimate of drug-likeness (QED) is 0.100. The highest BCUT2D eigenvalue weighted by Crippen LogP contribution is 2.43. The lowest BCUT2D eigenvalue weighted by Gasteiger charge is -2.48. The second-order valence-corrected chi connectivity index (χ2v) is 12.8. The lowest BCUT2D eigenvalue weighted by Crippen LogP contribution is -2.60. The summed E-state index contributed by atoms with van der Waals surface area (Å²) in [5.74, 6) is 0. The lowest BCUT2D eigenvalue weighted by atomic mass is 9.67. The summed E-state index contributed by atoms with van der Waals surface area (Å²) >= 11 is 0. The van der Waals surface area contributed by atoms with E-state index in [1.807, 2.05) is 0 Å². The Bertz CT molecular complexity index is 749. The molecule has 0 aliphatic carbocycles. The van der Waals surface area contributed by atoms with Crippen molar-refractivity contribution in [3.63, 3.8) is 0 Å². The molecule has 0 aliphatic heterocycles. The zero-order valence-corrected chi connectivity index (χ0v) is 26.5. The Balaban J connectivity index is 6.99. The Labute approximate surface area is 249 Å². The first-order chi connectivity index (χ1) is 18.7. The maximum atomic E-state index is 11.5.